The van der Waals surface area contributed by atoms with Crippen LogP contribution in [0.1, 0.15) is 29.3 Å². The third-order valence-corrected chi connectivity index (χ3v) is 4.69. The summed E-state index contributed by atoms with van der Waals surface area (Å²) in [6, 6.07) is 5.27. The number of hydrogen-bond acceptors (Lipinski definition) is 2. The van der Waals surface area contributed by atoms with Crippen LogP contribution in [0.4, 0.5) is 0 Å². The third kappa shape index (κ3) is 4.10. The second kappa shape index (κ2) is 6.90. The van der Waals surface area contributed by atoms with E-state index >= 15 is 0 Å². The Morgan fingerprint density at radius 3 is 2.78 bits per heavy atom. The number of hydrogen-bond donors (Lipinski definition) is 1. The molecule has 0 aliphatic carbocycles. The average Bonchev–Trinajstić information content (AvgIpc) is 2.32. The van der Waals surface area contributed by atoms with Gasteiger partial charge in [0.05, 0.1) is 0 Å². The smallest absolute Gasteiger partial charge is 0.251 e. The van der Waals surface area contributed by atoms with Gasteiger partial charge in [-0.2, -0.15) is 0 Å². The molecule has 0 saturated carbocycles. The summed E-state index contributed by atoms with van der Waals surface area (Å²) in [5, 5.41) is 3.50. The average molecular weight is 288 g/mol. The lowest BCUT2D eigenvalue weighted by molar-refractivity contribution is 0.0952. The highest BCUT2D eigenvalue weighted by Gasteiger charge is 2.11. The van der Waals surface area contributed by atoms with E-state index in [2.05, 4.69) is 5.32 Å². The van der Waals surface area contributed by atoms with E-state index < -0.39 is 10.8 Å². The van der Waals surface area contributed by atoms with Crippen molar-refractivity contribution in [2.24, 2.45) is 0 Å². The van der Waals surface area contributed by atoms with Gasteiger partial charge >= 0.3 is 0 Å². The predicted molar refractivity (Wildman–Crippen MR) is 76.7 cm³/mol. The Labute approximate surface area is 115 Å². The molecule has 0 saturated heterocycles. The molecule has 0 aliphatic rings. The summed E-state index contributed by atoms with van der Waals surface area (Å²) >= 11 is 5.96. The van der Waals surface area contributed by atoms with Gasteiger partial charge in [-0.25, -0.2) is 0 Å². The van der Waals surface area contributed by atoms with E-state index in [0.717, 1.165) is 5.56 Å². The van der Waals surface area contributed by atoms with Gasteiger partial charge in [-0.1, -0.05) is 24.6 Å². The number of benzene rings is 1. The monoisotopic (exact) mass is 287 g/mol. The Kier molecular flexibility index (Phi) is 5.82. The topological polar surface area (TPSA) is 46.2 Å². The fourth-order valence-corrected chi connectivity index (χ4v) is 2.13. The van der Waals surface area contributed by atoms with E-state index in [0.29, 0.717) is 23.6 Å². The molecule has 1 aromatic carbocycles. The van der Waals surface area contributed by atoms with Crippen molar-refractivity contribution in [1.82, 2.24) is 5.32 Å². The number of halogens is 1. The highest BCUT2D eigenvalue weighted by atomic mass is 35.5. The molecule has 5 heteroatoms. The molecule has 2 atom stereocenters. The van der Waals surface area contributed by atoms with Crippen molar-refractivity contribution >= 4 is 28.3 Å². The number of rotatable bonds is 5. The van der Waals surface area contributed by atoms with Crippen LogP contribution in [0.5, 0.6) is 0 Å². The third-order valence-electron chi connectivity index (χ3n) is 2.92. The van der Waals surface area contributed by atoms with E-state index in [1.165, 1.54) is 0 Å². The van der Waals surface area contributed by atoms with Crippen LogP contribution in [0.15, 0.2) is 18.2 Å². The highest BCUT2D eigenvalue weighted by molar-refractivity contribution is 7.84. The minimum absolute atomic E-state index is 0.0887. The highest BCUT2D eigenvalue weighted by Crippen LogP contribution is 2.18. The van der Waals surface area contributed by atoms with Gasteiger partial charge in [-0.15, -0.1) is 0 Å². The Bertz CT molecular complexity index is 462. The molecular formula is C13H18ClNO2S. The lowest BCUT2D eigenvalue weighted by Gasteiger charge is -2.11. The van der Waals surface area contributed by atoms with Crippen molar-refractivity contribution in [3.63, 3.8) is 0 Å². The van der Waals surface area contributed by atoms with Crippen LogP contribution >= 0.6 is 11.6 Å². The van der Waals surface area contributed by atoms with Gasteiger partial charge in [0.25, 0.3) is 5.91 Å². The first-order valence-corrected chi connectivity index (χ1v) is 7.79. The predicted octanol–water partition coefficient (Wildman–Crippen LogP) is 2.54. The molecule has 2 unspecified atom stereocenters. The summed E-state index contributed by atoms with van der Waals surface area (Å²) in [5.74, 6) is -0.135. The zero-order chi connectivity index (χ0) is 13.7. The molecule has 0 fully saturated rings. The van der Waals surface area contributed by atoms with Crippen molar-refractivity contribution in [3.05, 3.63) is 34.3 Å². The molecule has 1 N–H and O–H groups in total. The van der Waals surface area contributed by atoms with E-state index in [4.69, 9.17) is 11.6 Å². The van der Waals surface area contributed by atoms with Gasteiger partial charge in [-0.3, -0.25) is 9.00 Å². The van der Waals surface area contributed by atoms with Crippen LogP contribution < -0.4 is 5.32 Å². The van der Waals surface area contributed by atoms with Gasteiger partial charge in [0, 0.05) is 39.4 Å². The SMILES string of the molecule is Cc1c(Cl)cccc1C(=O)NCCC(C)S(C)=O. The molecule has 100 valence electrons. The van der Waals surface area contributed by atoms with Crippen LogP contribution in [0.25, 0.3) is 0 Å². The van der Waals surface area contributed by atoms with Gasteiger partial charge < -0.3 is 5.32 Å². The lowest BCUT2D eigenvalue weighted by atomic mass is 10.1. The second-order valence-corrected chi connectivity index (χ2v) is 6.48. The quantitative estimate of drug-likeness (QED) is 0.904. The zero-order valence-electron chi connectivity index (χ0n) is 10.8. The maximum Gasteiger partial charge on any atom is 0.251 e. The van der Waals surface area contributed by atoms with E-state index in [1.54, 1.807) is 24.5 Å². The summed E-state index contributed by atoms with van der Waals surface area (Å²) in [4.78, 5) is 11.9. The minimum atomic E-state index is -0.850. The molecule has 0 spiro atoms. The maximum absolute atomic E-state index is 11.9. The zero-order valence-corrected chi connectivity index (χ0v) is 12.4. The Balaban J connectivity index is 2.56. The van der Waals surface area contributed by atoms with Crippen molar-refractivity contribution in [1.29, 1.82) is 0 Å². The molecule has 0 bridgehead atoms. The number of amides is 1. The standard InChI is InChI=1S/C13H18ClNO2S/c1-9(18(3)17)7-8-15-13(16)11-5-4-6-12(14)10(11)2/h4-6,9H,7-8H2,1-3H3,(H,15,16). The molecule has 1 amide bonds. The normalized spacial score (nSPS) is 14.0. The maximum atomic E-state index is 11.9. The van der Waals surface area contributed by atoms with E-state index in [1.807, 2.05) is 13.8 Å². The van der Waals surface area contributed by atoms with Crippen molar-refractivity contribution in [3.8, 4) is 0 Å². The lowest BCUT2D eigenvalue weighted by Crippen LogP contribution is -2.28. The number of nitrogens with one attached hydrogen (secondary N) is 1. The summed E-state index contributed by atoms with van der Waals surface area (Å²) in [6.45, 7) is 4.25. The van der Waals surface area contributed by atoms with Crippen LogP contribution in [-0.2, 0) is 10.8 Å². The van der Waals surface area contributed by atoms with Gasteiger partial charge in [0.1, 0.15) is 0 Å². The fourth-order valence-electron chi connectivity index (χ4n) is 1.50. The molecule has 3 nitrogen and oxygen atoms in total. The van der Waals surface area contributed by atoms with Gasteiger partial charge in [0.15, 0.2) is 0 Å². The minimum Gasteiger partial charge on any atom is -0.352 e. The van der Waals surface area contributed by atoms with E-state index in [-0.39, 0.29) is 11.2 Å². The van der Waals surface area contributed by atoms with Crippen molar-refractivity contribution in [2.75, 3.05) is 12.8 Å². The van der Waals surface area contributed by atoms with Crippen LogP contribution in [0.2, 0.25) is 5.02 Å². The molecular weight excluding hydrogens is 270 g/mol. The Morgan fingerprint density at radius 2 is 2.17 bits per heavy atom. The summed E-state index contributed by atoms with van der Waals surface area (Å²) in [7, 11) is -0.850. The van der Waals surface area contributed by atoms with Crippen LogP contribution in [0, 0.1) is 6.92 Å². The van der Waals surface area contributed by atoms with Gasteiger partial charge in [-0.05, 0) is 31.0 Å². The molecule has 1 rings (SSSR count). The van der Waals surface area contributed by atoms with Gasteiger partial charge in [0.2, 0.25) is 0 Å². The Morgan fingerprint density at radius 1 is 1.50 bits per heavy atom. The second-order valence-electron chi connectivity index (χ2n) is 4.27. The number of carbonyl (C=O) groups excluding carboxylic acids is 1. The molecule has 0 aromatic heterocycles. The van der Waals surface area contributed by atoms with Crippen LogP contribution in [-0.4, -0.2) is 28.2 Å². The molecule has 0 heterocycles. The number of carbonyl (C=O) groups is 1. The summed E-state index contributed by atoms with van der Waals surface area (Å²) in [6.07, 6.45) is 2.38. The van der Waals surface area contributed by atoms with Crippen molar-refractivity contribution < 1.29 is 9.00 Å². The first-order valence-electron chi connectivity index (χ1n) is 5.79. The van der Waals surface area contributed by atoms with Crippen molar-refractivity contribution in [2.45, 2.75) is 25.5 Å². The first-order chi connectivity index (χ1) is 8.43. The fraction of sp³-hybridized carbons (Fsp3) is 0.462. The summed E-state index contributed by atoms with van der Waals surface area (Å²) < 4.78 is 11.2. The Hall–Kier alpha value is -0.870. The largest absolute Gasteiger partial charge is 0.352 e. The van der Waals surface area contributed by atoms with Crippen LogP contribution in [0.3, 0.4) is 0 Å². The first kappa shape index (κ1) is 15.2. The molecule has 18 heavy (non-hydrogen) atoms. The molecule has 0 aliphatic heterocycles. The molecule has 1 aromatic rings. The van der Waals surface area contributed by atoms with E-state index in [9.17, 15) is 9.00 Å². The molecule has 0 radical (unpaired) electrons. The summed E-state index contributed by atoms with van der Waals surface area (Å²) in [5.41, 5.74) is 1.37.